The Balaban J connectivity index is 2.43. The van der Waals surface area contributed by atoms with E-state index in [9.17, 15) is 0 Å². The van der Waals surface area contributed by atoms with Crippen molar-refractivity contribution in [3.63, 3.8) is 0 Å². The standard InChI is InChI=1S/C7H13N2/c1-3-4-7-8-5-6-9(7)2/h5-7H,3-4H2,1-2H3/q+1. The van der Waals surface area contributed by atoms with Gasteiger partial charge in [-0.25, -0.2) is 9.57 Å². The van der Waals surface area contributed by atoms with Gasteiger partial charge >= 0.3 is 0 Å². The summed E-state index contributed by atoms with van der Waals surface area (Å²) in [6.07, 6.45) is 6.69. The first-order chi connectivity index (χ1) is 4.34. The van der Waals surface area contributed by atoms with Crippen molar-refractivity contribution in [1.82, 2.24) is 0 Å². The molecule has 0 fully saturated rings. The molecule has 2 nitrogen and oxygen atoms in total. The van der Waals surface area contributed by atoms with Crippen molar-refractivity contribution in [2.75, 3.05) is 7.05 Å². The van der Waals surface area contributed by atoms with E-state index in [-0.39, 0.29) is 0 Å². The average molecular weight is 125 g/mol. The fraction of sp³-hybridized carbons (Fsp3) is 0.714. The SMILES string of the molecule is CCCC1N=CC=[N+]1C. The van der Waals surface area contributed by atoms with Gasteiger partial charge in [-0.2, -0.15) is 0 Å². The third kappa shape index (κ3) is 1.37. The van der Waals surface area contributed by atoms with Crippen LogP contribution >= 0.6 is 0 Å². The van der Waals surface area contributed by atoms with Gasteiger partial charge in [0.25, 0.3) is 0 Å². The molecule has 0 spiro atoms. The molecule has 1 aliphatic heterocycles. The molecule has 0 N–H and O–H groups in total. The van der Waals surface area contributed by atoms with Crippen LogP contribution in [0.5, 0.6) is 0 Å². The third-order valence-electron chi connectivity index (χ3n) is 1.58. The zero-order valence-corrected chi connectivity index (χ0v) is 6.04. The van der Waals surface area contributed by atoms with Gasteiger partial charge in [-0.05, 0) is 6.42 Å². The molecule has 0 saturated heterocycles. The maximum Gasteiger partial charge on any atom is 0.245 e. The maximum absolute atomic E-state index is 4.25. The third-order valence-corrected chi connectivity index (χ3v) is 1.58. The minimum Gasteiger partial charge on any atom is -0.219 e. The summed E-state index contributed by atoms with van der Waals surface area (Å²) in [7, 11) is 2.06. The van der Waals surface area contributed by atoms with E-state index < -0.39 is 0 Å². The van der Waals surface area contributed by atoms with Crippen molar-refractivity contribution in [2.24, 2.45) is 4.99 Å². The maximum atomic E-state index is 4.25. The van der Waals surface area contributed by atoms with Crippen LogP contribution in [0.1, 0.15) is 19.8 Å². The highest BCUT2D eigenvalue weighted by atomic mass is 15.2. The fourth-order valence-corrected chi connectivity index (χ4v) is 0.984. The molecular weight excluding hydrogens is 112 g/mol. The first-order valence-electron chi connectivity index (χ1n) is 3.43. The lowest BCUT2D eigenvalue weighted by Gasteiger charge is -2.00. The van der Waals surface area contributed by atoms with Crippen LogP contribution in [0.2, 0.25) is 0 Å². The summed E-state index contributed by atoms with van der Waals surface area (Å²) in [6, 6.07) is 0. The second kappa shape index (κ2) is 2.76. The quantitative estimate of drug-likeness (QED) is 0.487. The van der Waals surface area contributed by atoms with E-state index in [0.29, 0.717) is 6.17 Å². The minimum absolute atomic E-state index is 0.426. The molecule has 0 amide bonds. The van der Waals surface area contributed by atoms with Crippen molar-refractivity contribution in [3.05, 3.63) is 0 Å². The van der Waals surface area contributed by atoms with E-state index in [4.69, 9.17) is 0 Å². The van der Waals surface area contributed by atoms with Crippen molar-refractivity contribution in [1.29, 1.82) is 0 Å². The molecular formula is C7H13N2+. The van der Waals surface area contributed by atoms with Crippen LogP contribution < -0.4 is 0 Å². The van der Waals surface area contributed by atoms with Gasteiger partial charge in [0, 0.05) is 6.42 Å². The van der Waals surface area contributed by atoms with Gasteiger partial charge in [-0.3, -0.25) is 0 Å². The largest absolute Gasteiger partial charge is 0.245 e. The summed E-state index contributed by atoms with van der Waals surface area (Å²) in [5.74, 6) is 0. The number of hydrogen-bond donors (Lipinski definition) is 0. The van der Waals surface area contributed by atoms with Crippen molar-refractivity contribution < 1.29 is 4.58 Å². The van der Waals surface area contributed by atoms with Gasteiger partial charge in [0.1, 0.15) is 7.05 Å². The first kappa shape index (κ1) is 6.46. The number of nitrogens with zero attached hydrogens (tertiary/aromatic N) is 2. The van der Waals surface area contributed by atoms with Crippen LogP contribution in [0, 0.1) is 0 Å². The van der Waals surface area contributed by atoms with Gasteiger partial charge in [-0.1, -0.05) is 6.92 Å². The van der Waals surface area contributed by atoms with Crippen LogP contribution in [-0.4, -0.2) is 30.2 Å². The van der Waals surface area contributed by atoms with E-state index >= 15 is 0 Å². The minimum atomic E-state index is 0.426. The second-order valence-electron chi connectivity index (χ2n) is 2.38. The molecule has 0 aromatic rings. The van der Waals surface area contributed by atoms with Crippen molar-refractivity contribution >= 4 is 12.4 Å². The summed E-state index contributed by atoms with van der Waals surface area (Å²) in [5, 5.41) is 0. The lowest BCUT2D eigenvalue weighted by molar-refractivity contribution is -0.527. The highest BCUT2D eigenvalue weighted by Gasteiger charge is 2.15. The monoisotopic (exact) mass is 125 g/mol. The molecule has 2 heteroatoms. The summed E-state index contributed by atoms with van der Waals surface area (Å²) >= 11 is 0. The van der Waals surface area contributed by atoms with E-state index in [2.05, 4.69) is 23.5 Å². The molecule has 0 saturated carbocycles. The Hall–Kier alpha value is -0.660. The van der Waals surface area contributed by atoms with Crippen LogP contribution in [0.25, 0.3) is 0 Å². The zero-order valence-electron chi connectivity index (χ0n) is 6.04. The number of aliphatic imine (C=N–C) groups is 1. The zero-order chi connectivity index (χ0) is 6.69. The molecule has 0 bridgehead atoms. The highest BCUT2D eigenvalue weighted by molar-refractivity contribution is 6.14. The summed E-state index contributed by atoms with van der Waals surface area (Å²) in [5.41, 5.74) is 0. The summed E-state index contributed by atoms with van der Waals surface area (Å²) in [6.45, 7) is 2.18. The predicted octanol–water partition coefficient (Wildman–Crippen LogP) is 0.910. The lowest BCUT2D eigenvalue weighted by atomic mass is 10.3. The van der Waals surface area contributed by atoms with E-state index in [1.54, 1.807) is 0 Å². The molecule has 9 heavy (non-hydrogen) atoms. The Bertz CT molecular complexity index is 147. The van der Waals surface area contributed by atoms with Gasteiger partial charge in [0.05, 0.1) is 6.21 Å². The highest BCUT2D eigenvalue weighted by Crippen LogP contribution is 2.03. The molecule has 0 radical (unpaired) electrons. The van der Waals surface area contributed by atoms with Crippen molar-refractivity contribution in [3.8, 4) is 0 Å². The van der Waals surface area contributed by atoms with E-state index in [1.165, 1.54) is 12.8 Å². The smallest absolute Gasteiger partial charge is 0.219 e. The molecule has 1 rings (SSSR count). The van der Waals surface area contributed by atoms with Crippen LogP contribution in [0.4, 0.5) is 0 Å². The number of hydrogen-bond acceptors (Lipinski definition) is 1. The summed E-state index contributed by atoms with van der Waals surface area (Å²) in [4.78, 5) is 4.25. The van der Waals surface area contributed by atoms with Crippen molar-refractivity contribution in [2.45, 2.75) is 25.9 Å². The Labute approximate surface area is 55.9 Å². The average Bonchev–Trinajstić information content (AvgIpc) is 2.18. The van der Waals surface area contributed by atoms with E-state index in [0.717, 1.165) is 0 Å². The first-order valence-corrected chi connectivity index (χ1v) is 3.43. The summed E-state index contributed by atoms with van der Waals surface area (Å²) < 4.78 is 2.14. The molecule has 0 aromatic heterocycles. The molecule has 1 atom stereocenters. The Morgan fingerprint density at radius 2 is 2.44 bits per heavy atom. The van der Waals surface area contributed by atoms with Crippen LogP contribution in [0.3, 0.4) is 0 Å². The normalized spacial score (nSPS) is 24.7. The Morgan fingerprint density at radius 3 is 2.89 bits per heavy atom. The molecule has 1 aliphatic rings. The molecule has 1 unspecified atom stereocenters. The molecule has 0 aliphatic carbocycles. The van der Waals surface area contributed by atoms with Crippen LogP contribution in [-0.2, 0) is 0 Å². The molecule has 1 heterocycles. The van der Waals surface area contributed by atoms with Gasteiger partial charge in [-0.15, -0.1) is 0 Å². The van der Waals surface area contributed by atoms with Crippen LogP contribution in [0.15, 0.2) is 4.99 Å². The number of rotatable bonds is 2. The molecule has 50 valence electrons. The lowest BCUT2D eigenvalue weighted by Crippen LogP contribution is -2.16. The Morgan fingerprint density at radius 1 is 1.67 bits per heavy atom. The second-order valence-corrected chi connectivity index (χ2v) is 2.38. The van der Waals surface area contributed by atoms with Gasteiger partial charge < -0.3 is 0 Å². The predicted molar refractivity (Wildman–Crippen MR) is 39.4 cm³/mol. The van der Waals surface area contributed by atoms with E-state index in [1.807, 2.05) is 12.4 Å². The molecule has 0 aromatic carbocycles. The topological polar surface area (TPSA) is 15.4 Å². The van der Waals surface area contributed by atoms with Gasteiger partial charge in [0.2, 0.25) is 6.17 Å². The van der Waals surface area contributed by atoms with Gasteiger partial charge in [0.15, 0.2) is 6.21 Å². The fourth-order valence-electron chi connectivity index (χ4n) is 0.984. The Kier molecular flexibility index (Phi) is 1.98.